The molecule has 0 fully saturated rings. The minimum atomic E-state index is -0.910. The number of rotatable bonds is 4. The average molecular weight is 382 g/mol. The van der Waals surface area contributed by atoms with Crippen molar-refractivity contribution in [3.05, 3.63) is 70.3 Å². The highest BCUT2D eigenvalue weighted by molar-refractivity contribution is 5.98. The number of ketones is 1. The fraction of sp³-hybridized carbons (Fsp3) is 0.300. The maximum absolute atomic E-state index is 13.1. The van der Waals surface area contributed by atoms with Crippen LogP contribution in [-0.4, -0.2) is 16.9 Å². The number of Topliss-reactive ketones (excluding diaryl/α,β-unsaturated/α-hetero) is 1. The van der Waals surface area contributed by atoms with Crippen molar-refractivity contribution < 1.29 is 32.3 Å². The first-order valence-corrected chi connectivity index (χ1v) is 8.44. The summed E-state index contributed by atoms with van der Waals surface area (Å²) in [6.45, 7) is 0. The van der Waals surface area contributed by atoms with Gasteiger partial charge in [-0.05, 0) is 48.9 Å². The van der Waals surface area contributed by atoms with Gasteiger partial charge in [0.05, 0.1) is 0 Å². The van der Waals surface area contributed by atoms with E-state index >= 15 is 0 Å². The van der Waals surface area contributed by atoms with Gasteiger partial charge in [-0.25, -0.2) is 17.6 Å². The summed E-state index contributed by atoms with van der Waals surface area (Å²) < 4.78 is 51.3. The molecule has 0 saturated heterocycles. The number of carboxylic acid groups (broad SMARTS) is 1. The zero-order valence-corrected chi connectivity index (χ0v) is 14.4. The lowest BCUT2D eigenvalue weighted by molar-refractivity contribution is -0.137. The maximum atomic E-state index is 13.1. The summed E-state index contributed by atoms with van der Waals surface area (Å²) in [6, 6.07) is 5.26. The summed E-state index contributed by atoms with van der Waals surface area (Å²) >= 11 is 0. The summed E-state index contributed by atoms with van der Waals surface area (Å²) in [6.07, 6.45) is 2.27. The number of aryl methyl sites for hydroxylation is 1. The van der Waals surface area contributed by atoms with Crippen molar-refractivity contribution in [2.75, 3.05) is 0 Å². The Labute approximate surface area is 153 Å². The van der Waals surface area contributed by atoms with E-state index in [9.17, 15) is 27.2 Å². The summed E-state index contributed by atoms with van der Waals surface area (Å²) in [5, 5.41) is 8.35. The van der Waals surface area contributed by atoms with Crippen LogP contribution >= 0.6 is 0 Å². The topological polar surface area (TPSA) is 54.4 Å². The summed E-state index contributed by atoms with van der Waals surface area (Å²) in [4.78, 5) is 21.4. The molecule has 0 saturated carbocycles. The molecule has 0 unspecified atom stereocenters. The molecule has 0 radical (unpaired) electrons. The van der Waals surface area contributed by atoms with Gasteiger partial charge in [-0.15, -0.1) is 0 Å². The van der Waals surface area contributed by atoms with Crippen LogP contribution in [0.5, 0.6) is 0 Å². The molecule has 0 aliphatic heterocycles. The molecule has 7 heteroatoms. The van der Waals surface area contributed by atoms with Crippen molar-refractivity contribution in [3.8, 4) is 0 Å². The molecule has 1 N–H and O–H groups in total. The number of carbonyl (C=O) groups excluding carboxylic acids is 1. The van der Waals surface area contributed by atoms with Crippen molar-refractivity contribution in [2.45, 2.75) is 38.5 Å². The van der Waals surface area contributed by atoms with Crippen LogP contribution in [0.1, 0.15) is 47.2 Å². The van der Waals surface area contributed by atoms with Crippen molar-refractivity contribution in [1.29, 1.82) is 0 Å². The Kier molecular flexibility index (Phi) is 7.10. The average Bonchev–Trinajstić information content (AvgIpc) is 2.58. The molecule has 0 bridgehead atoms. The van der Waals surface area contributed by atoms with Crippen LogP contribution in [0.15, 0.2) is 30.3 Å². The summed E-state index contributed by atoms with van der Waals surface area (Å²) in [5.41, 5.74) is 0.953. The lowest BCUT2D eigenvalue weighted by Gasteiger charge is -2.14. The Balaban J connectivity index is 0.000000194. The van der Waals surface area contributed by atoms with Gasteiger partial charge in [-0.1, -0.05) is 6.07 Å². The minimum Gasteiger partial charge on any atom is -0.481 e. The lowest BCUT2D eigenvalue weighted by atomic mass is 9.90. The highest BCUT2D eigenvalue weighted by Gasteiger charge is 2.21. The van der Waals surface area contributed by atoms with Gasteiger partial charge in [0.1, 0.15) is 23.3 Å². The third kappa shape index (κ3) is 5.91. The molecule has 1 aliphatic rings. The third-order valence-corrected chi connectivity index (χ3v) is 4.14. The van der Waals surface area contributed by atoms with Gasteiger partial charge < -0.3 is 5.11 Å². The highest BCUT2D eigenvalue weighted by Crippen LogP contribution is 2.24. The molecule has 1 aliphatic carbocycles. The van der Waals surface area contributed by atoms with Gasteiger partial charge in [0.15, 0.2) is 5.78 Å². The van der Waals surface area contributed by atoms with Gasteiger partial charge in [0, 0.05) is 30.5 Å². The molecule has 3 rings (SSSR count). The van der Waals surface area contributed by atoms with E-state index < -0.39 is 29.2 Å². The number of hydrogen-bond donors (Lipinski definition) is 1. The molecule has 0 atom stereocenters. The van der Waals surface area contributed by atoms with Crippen LogP contribution in [0.4, 0.5) is 17.6 Å². The van der Waals surface area contributed by atoms with Crippen LogP contribution in [0.3, 0.4) is 0 Å². The van der Waals surface area contributed by atoms with E-state index in [-0.39, 0.29) is 17.8 Å². The second-order valence-electron chi connectivity index (χ2n) is 6.17. The quantitative estimate of drug-likeness (QED) is 0.769. The predicted octanol–water partition coefficient (Wildman–Crippen LogP) is 4.86. The normalized spacial score (nSPS) is 12.8. The Morgan fingerprint density at radius 1 is 0.963 bits per heavy atom. The Bertz CT molecular complexity index is 849. The van der Waals surface area contributed by atoms with Crippen LogP contribution in [0.2, 0.25) is 0 Å². The monoisotopic (exact) mass is 382 g/mol. The van der Waals surface area contributed by atoms with E-state index in [1.54, 1.807) is 0 Å². The first-order valence-electron chi connectivity index (χ1n) is 8.44. The summed E-state index contributed by atoms with van der Waals surface area (Å²) in [5.74, 6) is -3.57. The van der Waals surface area contributed by atoms with Crippen LogP contribution in [0, 0.1) is 23.3 Å². The largest absolute Gasteiger partial charge is 0.481 e. The highest BCUT2D eigenvalue weighted by atomic mass is 19.1. The van der Waals surface area contributed by atoms with Crippen LogP contribution < -0.4 is 0 Å². The third-order valence-electron chi connectivity index (χ3n) is 4.14. The van der Waals surface area contributed by atoms with E-state index in [1.807, 2.05) is 0 Å². The van der Waals surface area contributed by atoms with Crippen molar-refractivity contribution in [2.24, 2.45) is 0 Å². The number of aliphatic carboxylic acids is 1. The van der Waals surface area contributed by atoms with Crippen molar-refractivity contribution in [1.82, 2.24) is 0 Å². The van der Waals surface area contributed by atoms with E-state index in [2.05, 4.69) is 0 Å². The molecular formula is C20H18F4O3. The number of carboxylic acids is 1. The van der Waals surface area contributed by atoms with E-state index in [0.29, 0.717) is 43.2 Å². The van der Waals surface area contributed by atoms with E-state index in [4.69, 9.17) is 5.11 Å². The first-order chi connectivity index (χ1) is 12.8. The molecule has 0 aromatic heterocycles. The Morgan fingerprint density at radius 2 is 1.67 bits per heavy atom. The molecule has 27 heavy (non-hydrogen) atoms. The number of halogens is 4. The maximum Gasteiger partial charge on any atom is 0.303 e. The minimum absolute atomic E-state index is 0.00316. The summed E-state index contributed by atoms with van der Waals surface area (Å²) in [7, 11) is 0. The van der Waals surface area contributed by atoms with E-state index in [0.717, 1.165) is 18.2 Å². The van der Waals surface area contributed by atoms with Gasteiger partial charge in [0.25, 0.3) is 0 Å². The zero-order chi connectivity index (χ0) is 20.0. The number of hydrogen-bond acceptors (Lipinski definition) is 2. The fourth-order valence-corrected chi connectivity index (χ4v) is 2.82. The Morgan fingerprint density at radius 3 is 2.33 bits per heavy atom. The van der Waals surface area contributed by atoms with Crippen molar-refractivity contribution >= 4 is 11.8 Å². The van der Waals surface area contributed by atoms with Crippen LogP contribution in [-0.2, 0) is 17.6 Å². The molecule has 0 heterocycles. The molecule has 2 aromatic rings. The molecular weight excluding hydrogens is 364 g/mol. The Hall–Kier alpha value is -2.70. The molecule has 144 valence electrons. The number of fused-ring (bicyclic) bond motifs is 1. The smallest absolute Gasteiger partial charge is 0.303 e. The molecule has 3 nitrogen and oxygen atoms in total. The number of carbonyl (C=O) groups is 2. The van der Waals surface area contributed by atoms with Gasteiger partial charge >= 0.3 is 5.97 Å². The first kappa shape index (κ1) is 20.6. The van der Waals surface area contributed by atoms with E-state index in [1.165, 1.54) is 12.1 Å². The predicted molar refractivity (Wildman–Crippen MR) is 90.6 cm³/mol. The van der Waals surface area contributed by atoms with Crippen LogP contribution in [0.25, 0.3) is 0 Å². The standard InChI is InChI=1S/C10H10F2O2.C10H8F2O/c11-8-5-4-7(9(12)6-8)2-1-3-10(13)14;11-6-4-8-7(9(12)5-6)2-1-3-10(8)13/h4-6H,1-3H2,(H,13,14);4-5H,1-3H2. The zero-order valence-electron chi connectivity index (χ0n) is 14.4. The van der Waals surface area contributed by atoms with Gasteiger partial charge in [0.2, 0.25) is 0 Å². The second-order valence-corrected chi connectivity index (χ2v) is 6.17. The SMILES string of the molecule is O=C(O)CCCc1ccc(F)cc1F.O=C1CCCc2c(F)cc(F)cc21. The van der Waals surface area contributed by atoms with Crippen molar-refractivity contribution in [3.63, 3.8) is 0 Å². The number of benzene rings is 2. The lowest BCUT2D eigenvalue weighted by Crippen LogP contribution is -2.13. The molecule has 0 amide bonds. The molecule has 2 aromatic carbocycles. The second kappa shape index (κ2) is 9.30. The fourth-order valence-electron chi connectivity index (χ4n) is 2.82. The van der Waals surface area contributed by atoms with Gasteiger partial charge in [-0.2, -0.15) is 0 Å². The van der Waals surface area contributed by atoms with Gasteiger partial charge in [-0.3, -0.25) is 9.59 Å². The molecule has 0 spiro atoms.